The van der Waals surface area contributed by atoms with Gasteiger partial charge in [0.1, 0.15) is 13.2 Å². The molecule has 2 heterocycles. The molecule has 36 heavy (non-hydrogen) atoms. The normalized spacial score (nSPS) is 23.8. The molecule has 2 aromatic rings. The number of hydrogen-bond acceptors (Lipinski definition) is 8. The van der Waals surface area contributed by atoms with Crippen molar-refractivity contribution in [3.05, 3.63) is 71.8 Å². The molecule has 2 amide bonds. The van der Waals surface area contributed by atoms with Gasteiger partial charge in [-0.05, 0) is 24.0 Å². The van der Waals surface area contributed by atoms with Crippen molar-refractivity contribution in [3.8, 4) is 0 Å². The predicted molar refractivity (Wildman–Crippen MR) is 134 cm³/mol. The number of rotatable bonds is 4. The van der Waals surface area contributed by atoms with Crippen LogP contribution in [0.1, 0.15) is 24.0 Å². The zero-order valence-corrected chi connectivity index (χ0v) is 20.3. The van der Waals surface area contributed by atoms with Crippen LogP contribution in [0.3, 0.4) is 0 Å². The third-order valence-electron chi connectivity index (χ3n) is 6.17. The fraction of sp³-hybridized carbons (Fsp3) is 0.462. The van der Waals surface area contributed by atoms with E-state index < -0.39 is 12.2 Å². The molecule has 0 radical (unpaired) electrons. The first-order chi connectivity index (χ1) is 17.3. The molecule has 4 rings (SSSR count). The van der Waals surface area contributed by atoms with E-state index in [1.165, 1.54) is 0 Å². The van der Waals surface area contributed by atoms with E-state index >= 15 is 0 Å². The summed E-state index contributed by atoms with van der Waals surface area (Å²) in [6.45, 7) is 2.18. The maximum Gasteiger partial charge on any atom is 0.410 e. The largest absolute Gasteiger partial charge is 0.445 e. The van der Waals surface area contributed by atoms with Gasteiger partial charge in [-0.2, -0.15) is 0 Å². The number of aliphatic hydroxyl groups excluding tert-OH is 2. The predicted octanol–water partition coefficient (Wildman–Crippen LogP) is 1.43. The Morgan fingerprint density at radius 3 is 1.42 bits per heavy atom. The minimum Gasteiger partial charge on any atom is -0.445 e. The Balaban J connectivity index is 0.000000201. The van der Waals surface area contributed by atoms with E-state index in [1.807, 2.05) is 60.7 Å². The Kier molecular flexibility index (Phi) is 10.5. The molecule has 2 aliphatic rings. The smallest absolute Gasteiger partial charge is 0.410 e. The van der Waals surface area contributed by atoms with Gasteiger partial charge in [-0.3, -0.25) is 0 Å². The first-order valence-electron chi connectivity index (χ1n) is 12.1. The van der Waals surface area contributed by atoms with Crippen molar-refractivity contribution in [3.63, 3.8) is 0 Å². The topological polar surface area (TPSA) is 152 Å². The average Bonchev–Trinajstić information content (AvgIpc) is 2.90. The fourth-order valence-corrected chi connectivity index (χ4v) is 3.89. The fourth-order valence-electron chi connectivity index (χ4n) is 3.89. The van der Waals surface area contributed by atoms with Gasteiger partial charge in [0.15, 0.2) is 0 Å². The van der Waals surface area contributed by atoms with Crippen LogP contribution in [-0.4, -0.2) is 82.7 Å². The van der Waals surface area contributed by atoms with Gasteiger partial charge in [-0.1, -0.05) is 60.7 Å². The molecule has 0 aromatic heterocycles. The zero-order chi connectivity index (χ0) is 25.9. The maximum atomic E-state index is 11.8. The lowest BCUT2D eigenvalue weighted by Crippen LogP contribution is -2.53. The molecule has 2 fully saturated rings. The van der Waals surface area contributed by atoms with E-state index in [0.29, 0.717) is 39.0 Å². The van der Waals surface area contributed by atoms with Crippen molar-refractivity contribution < 1.29 is 29.3 Å². The highest BCUT2D eigenvalue weighted by atomic mass is 16.6. The Morgan fingerprint density at radius 1 is 0.722 bits per heavy atom. The molecule has 0 spiro atoms. The van der Waals surface area contributed by atoms with E-state index in [9.17, 15) is 19.8 Å². The number of likely N-dealkylation sites (tertiary alicyclic amines) is 2. The van der Waals surface area contributed by atoms with Crippen LogP contribution in [0.25, 0.3) is 0 Å². The highest BCUT2D eigenvalue weighted by Crippen LogP contribution is 2.13. The van der Waals surface area contributed by atoms with Crippen molar-refractivity contribution in [2.24, 2.45) is 11.5 Å². The third kappa shape index (κ3) is 8.49. The first-order valence-corrected chi connectivity index (χ1v) is 12.1. The average molecular weight is 501 g/mol. The standard InChI is InChI=1S/2C13H18N2O3/c2*14-11-8-15(7-6-12(11)16)13(17)18-9-10-4-2-1-3-5-10/h2*1-5,11-12,16H,6-9,14H2/t2*11-,12-/m10/s1. The molecule has 2 aromatic carbocycles. The molecule has 0 saturated carbocycles. The molecular weight excluding hydrogens is 464 g/mol. The number of ether oxygens (including phenoxy) is 2. The van der Waals surface area contributed by atoms with Crippen molar-refractivity contribution >= 4 is 12.2 Å². The molecule has 0 unspecified atom stereocenters. The number of aliphatic hydroxyl groups is 2. The van der Waals surface area contributed by atoms with Crippen LogP contribution in [-0.2, 0) is 22.7 Å². The van der Waals surface area contributed by atoms with Crippen molar-refractivity contribution in [1.29, 1.82) is 0 Å². The summed E-state index contributed by atoms with van der Waals surface area (Å²) in [6, 6.07) is 18.3. The molecule has 4 atom stereocenters. The van der Waals surface area contributed by atoms with Gasteiger partial charge in [-0.25, -0.2) is 9.59 Å². The second kappa shape index (κ2) is 13.8. The van der Waals surface area contributed by atoms with Crippen molar-refractivity contribution in [2.45, 2.75) is 50.3 Å². The lowest BCUT2D eigenvalue weighted by Gasteiger charge is -2.33. The minimum absolute atomic E-state index is 0.258. The Bertz CT molecular complexity index is 870. The van der Waals surface area contributed by atoms with Crippen LogP contribution in [0.4, 0.5) is 9.59 Å². The first kappa shape index (κ1) is 27.4. The van der Waals surface area contributed by atoms with Gasteiger partial charge in [-0.15, -0.1) is 0 Å². The summed E-state index contributed by atoms with van der Waals surface area (Å²) in [7, 11) is 0. The number of hydrogen-bond donors (Lipinski definition) is 4. The number of nitrogens with two attached hydrogens (primary N) is 2. The number of piperidine rings is 2. The SMILES string of the molecule is N[C@@H]1CN(C(=O)OCc2ccccc2)CC[C@H]1O.N[C@H]1CN(C(=O)OCc2ccccc2)CC[C@@H]1O. The Labute approximate surface area is 211 Å². The molecule has 10 heteroatoms. The second-order valence-corrected chi connectivity index (χ2v) is 9.01. The lowest BCUT2D eigenvalue weighted by molar-refractivity contribution is 0.0434. The number of carbonyl (C=O) groups is 2. The Morgan fingerprint density at radius 2 is 1.08 bits per heavy atom. The highest BCUT2D eigenvalue weighted by Gasteiger charge is 2.29. The van der Waals surface area contributed by atoms with Gasteiger partial charge in [0, 0.05) is 38.3 Å². The van der Waals surface area contributed by atoms with Crippen molar-refractivity contribution in [1.82, 2.24) is 9.80 Å². The summed E-state index contributed by atoms with van der Waals surface area (Å²) in [4.78, 5) is 26.7. The molecule has 2 saturated heterocycles. The summed E-state index contributed by atoms with van der Waals surface area (Å²) >= 11 is 0. The van der Waals surface area contributed by atoms with Crippen LogP contribution >= 0.6 is 0 Å². The maximum absolute atomic E-state index is 11.8. The summed E-state index contributed by atoms with van der Waals surface area (Å²) in [5.74, 6) is 0. The molecule has 0 bridgehead atoms. The number of carbonyl (C=O) groups excluding carboxylic acids is 2. The summed E-state index contributed by atoms with van der Waals surface area (Å²) in [5, 5.41) is 19.0. The molecule has 0 aliphatic carbocycles. The number of benzene rings is 2. The molecule has 10 nitrogen and oxygen atoms in total. The third-order valence-corrected chi connectivity index (χ3v) is 6.17. The van der Waals surface area contributed by atoms with Crippen LogP contribution in [0.2, 0.25) is 0 Å². The molecule has 196 valence electrons. The Hall–Kier alpha value is -3.18. The summed E-state index contributed by atoms with van der Waals surface area (Å²) in [6.07, 6.45) is -0.794. The highest BCUT2D eigenvalue weighted by molar-refractivity contribution is 5.68. The van der Waals surface area contributed by atoms with E-state index in [-0.39, 0.29) is 37.5 Å². The van der Waals surface area contributed by atoms with Gasteiger partial charge in [0.2, 0.25) is 0 Å². The van der Waals surface area contributed by atoms with Crippen LogP contribution < -0.4 is 11.5 Å². The van der Waals surface area contributed by atoms with E-state index in [4.69, 9.17) is 20.9 Å². The van der Waals surface area contributed by atoms with Gasteiger partial charge < -0.3 is 41.0 Å². The number of nitrogens with zero attached hydrogens (tertiary/aromatic N) is 2. The summed E-state index contributed by atoms with van der Waals surface area (Å²) < 4.78 is 10.4. The van der Waals surface area contributed by atoms with Gasteiger partial charge in [0.05, 0.1) is 12.2 Å². The monoisotopic (exact) mass is 500 g/mol. The van der Waals surface area contributed by atoms with E-state index in [0.717, 1.165) is 11.1 Å². The quantitative estimate of drug-likeness (QED) is 0.492. The lowest BCUT2D eigenvalue weighted by atomic mass is 10.0. The number of amides is 2. The van der Waals surface area contributed by atoms with Crippen LogP contribution in [0, 0.1) is 0 Å². The van der Waals surface area contributed by atoms with E-state index in [1.54, 1.807) is 9.80 Å². The van der Waals surface area contributed by atoms with Gasteiger partial charge >= 0.3 is 12.2 Å². The molecule has 2 aliphatic heterocycles. The molecule has 6 N–H and O–H groups in total. The van der Waals surface area contributed by atoms with Crippen molar-refractivity contribution in [2.75, 3.05) is 26.2 Å². The van der Waals surface area contributed by atoms with Crippen LogP contribution in [0.15, 0.2) is 60.7 Å². The van der Waals surface area contributed by atoms with Gasteiger partial charge in [0.25, 0.3) is 0 Å². The van der Waals surface area contributed by atoms with Crippen LogP contribution in [0.5, 0.6) is 0 Å². The molecular formula is C26H36N4O6. The summed E-state index contributed by atoms with van der Waals surface area (Å²) in [5.41, 5.74) is 13.3. The zero-order valence-electron chi connectivity index (χ0n) is 20.3. The second-order valence-electron chi connectivity index (χ2n) is 9.01. The van der Waals surface area contributed by atoms with E-state index in [2.05, 4.69) is 0 Å². The minimum atomic E-state index is -0.525.